The fourth-order valence-corrected chi connectivity index (χ4v) is 1.09. The standard InChI is InChI=1S/C9H5F6NO/c10-6-1-5(2-7(11)8(6)12)16(4-17)3-9(13,14)15/h1-2,4H,3H2. The maximum atomic E-state index is 12.7. The molecule has 94 valence electrons. The lowest BCUT2D eigenvalue weighted by Gasteiger charge is -2.19. The molecule has 8 heteroatoms. The van der Waals surface area contributed by atoms with Crippen LogP contribution in [0.15, 0.2) is 12.1 Å². The van der Waals surface area contributed by atoms with Crippen LogP contribution in [0.2, 0.25) is 0 Å². The number of benzene rings is 1. The van der Waals surface area contributed by atoms with Gasteiger partial charge in [0.1, 0.15) is 6.54 Å². The van der Waals surface area contributed by atoms with E-state index in [-0.39, 0.29) is 11.3 Å². The maximum absolute atomic E-state index is 12.7. The zero-order chi connectivity index (χ0) is 13.2. The molecule has 0 saturated carbocycles. The molecule has 0 fully saturated rings. The lowest BCUT2D eigenvalue weighted by Crippen LogP contribution is -2.33. The van der Waals surface area contributed by atoms with E-state index in [1.165, 1.54) is 0 Å². The van der Waals surface area contributed by atoms with E-state index in [4.69, 9.17) is 0 Å². The Balaban J connectivity index is 3.09. The first-order chi connectivity index (χ1) is 7.74. The summed E-state index contributed by atoms with van der Waals surface area (Å²) in [5.74, 6) is -5.16. The van der Waals surface area contributed by atoms with Crippen LogP contribution < -0.4 is 4.90 Å². The average molecular weight is 257 g/mol. The van der Waals surface area contributed by atoms with Gasteiger partial charge in [-0.1, -0.05) is 0 Å². The molecule has 1 amide bonds. The predicted molar refractivity (Wildman–Crippen MR) is 45.8 cm³/mol. The van der Waals surface area contributed by atoms with E-state index in [0.717, 1.165) is 0 Å². The highest BCUT2D eigenvalue weighted by atomic mass is 19.4. The van der Waals surface area contributed by atoms with Crippen LogP contribution in [0.25, 0.3) is 0 Å². The van der Waals surface area contributed by atoms with Gasteiger partial charge in [0, 0.05) is 17.8 Å². The molecule has 1 aromatic carbocycles. The van der Waals surface area contributed by atoms with Gasteiger partial charge < -0.3 is 4.90 Å². The second-order valence-electron chi connectivity index (χ2n) is 3.07. The van der Waals surface area contributed by atoms with Gasteiger partial charge in [-0.25, -0.2) is 13.2 Å². The van der Waals surface area contributed by atoms with Gasteiger partial charge in [-0.2, -0.15) is 13.2 Å². The van der Waals surface area contributed by atoms with E-state index in [1.54, 1.807) is 0 Å². The van der Waals surface area contributed by atoms with Crippen molar-refractivity contribution >= 4 is 12.1 Å². The first-order valence-corrected chi connectivity index (χ1v) is 4.18. The highest BCUT2D eigenvalue weighted by molar-refractivity contribution is 5.75. The Hall–Kier alpha value is -1.73. The number of amides is 1. The molecule has 0 spiro atoms. The zero-order valence-electron chi connectivity index (χ0n) is 8.06. The van der Waals surface area contributed by atoms with Crippen LogP contribution >= 0.6 is 0 Å². The third kappa shape index (κ3) is 3.36. The van der Waals surface area contributed by atoms with Gasteiger partial charge in [0.05, 0.1) is 0 Å². The van der Waals surface area contributed by atoms with Crippen LogP contribution in [0.1, 0.15) is 0 Å². The first kappa shape index (κ1) is 13.3. The number of nitrogens with zero attached hydrogens (tertiary/aromatic N) is 1. The molecule has 0 radical (unpaired) electrons. The Kier molecular flexibility index (Phi) is 3.64. The van der Waals surface area contributed by atoms with Gasteiger partial charge in [-0.3, -0.25) is 4.79 Å². The highest BCUT2D eigenvalue weighted by Crippen LogP contribution is 2.24. The Bertz CT molecular complexity index is 407. The molecular formula is C9H5F6NO. The third-order valence-electron chi connectivity index (χ3n) is 1.78. The number of hydrogen-bond acceptors (Lipinski definition) is 1. The minimum absolute atomic E-state index is 0.0194. The molecule has 0 aromatic heterocycles. The number of hydrogen-bond donors (Lipinski definition) is 0. The average Bonchev–Trinajstić information content (AvgIpc) is 2.20. The fourth-order valence-electron chi connectivity index (χ4n) is 1.09. The number of halogens is 6. The Morgan fingerprint density at radius 3 is 1.94 bits per heavy atom. The van der Waals surface area contributed by atoms with Crippen LogP contribution in [0.4, 0.5) is 32.0 Å². The smallest absolute Gasteiger partial charge is 0.306 e. The van der Waals surface area contributed by atoms with Crippen molar-refractivity contribution in [2.75, 3.05) is 11.4 Å². The summed E-state index contributed by atoms with van der Waals surface area (Å²) in [5.41, 5.74) is -0.714. The molecule has 0 heterocycles. The van der Waals surface area contributed by atoms with Crippen LogP contribution in [-0.4, -0.2) is 19.1 Å². The molecule has 0 aliphatic rings. The van der Waals surface area contributed by atoms with Crippen molar-refractivity contribution in [1.29, 1.82) is 0 Å². The van der Waals surface area contributed by atoms with Crippen molar-refractivity contribution in [3.63, 3.8) is 0 Å². The predicted octanol–water partition coefficient (Wildman–Crippen LogP) is 2.63. The maximum Gasteiger partial charge on any atom is 0.406 e. The summed E-state index contributed by atoms with van der Waals surface area (Å²) >= 11 is 0. The monoisotopic (exact) mass is 257 g/mol. The summed E-state index contributed by atoms with van der Waals surface area (Å²) in [6, 6.07) is 0.608. The number of carbonyl (C=O) groups is 1. The molecule has 1 rings (SSSR count). The summed E-state index contributed by atoms with van der Waals surface area (Å²) in [4.78, 5) is 10.4. The van der Waals surface area contributed by atoms with Crippen LogP contribution in [0, 0.1) is 17.5 Å². The minimum atomic E-state index is -4.73. The summed E-state index contributed by atoms with van der Waals surface area (Å²) < 4.78 is 74.0. The van der Waals surface area contributed by atoms with Gasteiger partial charge in [-0.05, 0) is 0 Å². The molecule has 0 atom stereocenters. The van der Waals surface area contributed by atoms with Crippen molar-refractivity contribution in [3.05, 3.63) is 29.6 Å². The van der Waals surface area contributed by atoms with Gasteiger partial charge in [-0.15, -0.1) is 0 Å². The van der Waals surface area contributed by atoms with E-state index in [9.17, 15) is 31.1 Å². The van der Waals surface area contributed by atoms with E-state index >= 15 is 0 Å². The molecule has 17 heavy (non-hydrogen) atoms. The van der Waals surface area contributed by atoms with E-state index in [0.29, 0.717) is 12.1 Å². The summed E-state index contributed by atoms with van der Waals surface area (Å²) in [5, 5.41) is 0. The van der Waals surface area contributed by atoms with Crippen molar-refractivity contribution in [2.45, 2.75) is 6.18 Å². The van der Waals surface area contributed by atoms with E-state index in [2.05, 4.69) is 0 Å². The van der Waals surface area contributed by atoms with Crippen molar-refractivity contribution < 1.29 is 31.1 Å². The molecule has 0 bridgehead atoms. The second-order valence-corrected chi connectivity index (χ2v) is 3.07. The number of alkyl halides is 3. The largest absolute Gasteiger partial charge is 0.406 e. The Morgan fingerprint density at radius 1 is 1.12 bits per heavy atom. The summed E-state index contributed by atoms with van der Waals surface area (Å²) in [6.07, 6.45) is -4.98. The van der Waals surface area contributed by atoms with Crippen LogP contribution in [-0.2, 0) is 4.79 Å². The van der Waals surface area contributed by atoms with Crippen LogP contribution in [0.3, 0.4) is 0 Å². The molecular weight excluding hydrogens is 252 g/mol. The van der Waals surface area contributed by atoms with Crippen molar-refractivity contribution in [2.24, 2.45) is 0 Å². The van der Waals surface area contributed by atoms with Gasteiger partial charge >= 0.3 is 6.18 Å². The third-order valence-corrected chi connectivity index (χ3v) is 1.78. The minimum Gasteiger partial charge on any atom is -0.306 e. The van der Waals surface area contributed by atoms with Crippen molar-refractivity contribution in [1.82, 2.24) is 0 Å². The molecule has 1 aromatic rings. The normalized spacial score (nSPS) is 11.4. The Labute approximate surface area is 91.4 Å². The van der Waals surface area contributed by atoms with Crippen molar-refractivity contribution in [3.8, 4) is 0 Å². The van der Waals surface area contributed by atoms with Gasteiger partial charge in [0.25, 0.3) is 0 Å². The number of carbonyl (C=O) groups excluding carboxylic acids is 1. The molecule has 0 saturated heterocycles. The lowest BCUT2D eigenvalue weighted by molar-refractivity contribution is -0.126. The quantitative estimate of drug-likeness (QED) is 0.463. The summed E-state index contributed by atoms with van der Waals surface area (Å²) in [6.45, 7) is -1.72. The SMILES string of the molecule is O=CN(CC(F)(F)F)c1cc(F)c(F)c(F)c1. The number of anilines is 1. The van der Waals surface area contributed by atoms with E-state index < -0.39 is 35.9 Å². The van der Waals surface area contributed by atoms with Crippen LogP contribution in [0.5, 0.6) is 0 Å². The summed E-state index contributed by atoms with van der Waals surface area (Å²) in [7, 11) is 0. The highest BCUT2D eigenvalue weighted by Gasteiger charge is 2.31. The van der Waals surface area contributed by atoms with E-state index in [1.807, 2.05) is 0 Å². The topological polar surface area (TPSA) is 20.3 Å². The fraction of sp³-hybridized carbons (Fsp3) is 0.222. The molecule has 2 nitrogen and oxygen atoms in total. The first-order valence-electron chi connectivity index (χ1n) is 4.18. The lowest BCUT2D eigenvalue weighted by atomic mass is 10.2. The molecule has 0 aliphatic carbocycles. The van der Waals surface area contributed by atoms with Gasteiger partial charge in [0.15, 0.2) is 17.5 Å². The zero-order valence-corrected chi connectivity index (χ0v) is 8.06. The molecule has 0 unspecified atom stereocenters. The molecule has 0 N–H and O–H groups in total. The Morgan fingerprint density at radius 2 is 1.59 bits per heavy atom. The second kappa shape index (κ2) is 4.64. The van der Waals surface area contributed by atoms with Gasteiger partial charge in [0.2, 0.25) is 6.41 Å². The molecule has 0 aliphatic heterocycles. The number of rotatable bonds is 3.